The lowest BCUT2D eigenvalue weighted by atomic mass is 9.98. The molecule has 9 N–H and O–H groups in total. The van der Waals surface area contributed by atoms with Crippen molar-refractivity contribution in [2.24, 2.45) is 11.7 Å². The van der Waals surface area contributed by atoms with Gasteiger partial charge < -0.3 is 42.1 Å². The van der Waals surface area contributed by atoms with Gasteiger partial charge in [0.05, 0.1) is 18.2 Å². The highest BCUT2D eigenvalue weighted by atomic mass is 16.4. The second-order valence-electron chi connectivity index (χ2n) is 8.64. The minimum atomic E-state index is -1.58. The highest BCUT2D eigenvalue weighted by molar-refractivity contribution is 5.94. The van der Waals surface area contributed by atoms with Gasteiger partial charge in [-0.3, -0.25) is 14.4 Å². The topological polar surface area (TPSA) is 211 Å². The molecule has 0 aromatic heterocycles. The molecule has 0 saturated carbocycles. The van der Waals surface area contributed by atoms with Gasteiger partial charge in [-0.25, -0.2) is 4.79 Å². The number of carbonyl (C=O) groups excluding carboxylic acids is 3. The van der Waals surface area contributed by atoms with Crippen LogP contribution in [0.1, 0.15) is 39.7 Å². The van der Waals surface area contributed by atoms with E-state index < -0.39 is 60.1 Å². The Morgan fingerprint density at radius 2 is 1.31 bits per heavy atom. The molecular weight excluding hydrogens is 460 g/mol. The zero-order valence-corrected chi connectivity index (χ0v) is 20.3. The van der Waals surface area contributed by atoms with Crippen LogP contribution in [0.15, 0.2) is 24.3 Å². The molecule has 1 aromatic rings. The minimum Gasteiger partial charge on any atom is -0.508 e. The largest absolute Gasteiger partial charge is 0.508 e. The second-order valence-corrected chi connectivity index (χ2v) is 8.64. The first-order chi connectivity index (χ1) is 16.3. The van der Waals surface area contributed by atoms with E-state index in [9.17, 15) is 39.6 Å². The molecule has 35 heavy (non-hydrogen) atoms. The lowest BCUT2D eigenvalue weighted by Gasteiger charge is -2.28. The molecule has 0 aliphatic carbocycles. The van der Waals surface area contributed by atoms with Crippen LogP contribution in [0.25, 0.3) is 0 Å². The monoisotopic (exact) mass is 496 g/mol. The highest BCUT2D eigenvalue weighted by Gasteiger charge is 2.34. The number of phenols is 1. The first-order valence-electron chi connectivity index (χ1n) is 11.3. The van der Waals surface area contributed by atoms with E-state index in [4.69, 9.17) is 5.73 Å². The summed E-state index contributed by atoms with van der Waals surface area (Å²) in [6.45, 7) is 6.07. The van der Waals surface area contributed by atoms with Crippen LogP contribution < -0.4 is 21.7 Å². The van der Waals surface area contributed by atoms with E-state index in [1.54, 1.807) is 6.92 Å². The molecule has 0 aliphatic rings. The summed E-state index contributed by atoms with van der Waals surface area (Å²) < 4.78 is 0. The predicted octanol–water partition coefficient (Wildman–Crippen LogP) is -1.39. The molecule has 0 radical (unpaired) electrons. The Morgan fingerprint density at radius 3 is 1.74 bits per heavy atom. The number of aliphatic hydroxyl groups excluding tert-OH is 2. The number of aliphatic carboxylic acids is 1. The van der Waals surface area contributed by atoms with Gasteiger partial charge in [0, 0.05) is 6.42 Å². The quantitative estimate of drug-likeness (QED) is 0.161. The zero-order valence-electron chi connectivity index (χ0n) is 20.3. The Hall–Kier alpha value is -3.22. The number of nitrogens with two attached hydrogens (primary N) is 1. The third kappa shape index (κ3) is 9.15. The van der Waals surface area contributed by atoms with Gasteiger partial charge in [-0.15, -0.1) is 0 Å². The number of hydrogen-bond donors (Lipinski definition) is 8. The SMILES string of the molecule is CCC(C)C(N)C(=O)NC(C(=O)NC(C(=O)NC(Cc1ccc(O)cc1)C(=O)O)C(C)O)C(C)O. The Bertz CT molecular complexity index is 875. The first-order valence-corrected chi connectivity index (χ1v) is 11.3. The molecule has 1 rings (SSSR count). The fourth-order valence-corrected chi connectivity index (χ4v) is 3.14. The molecule has 0 aliphatic heterocycles. The lowest BCUT2D eigenvalue weighted by molar-refractivity contribution is -0.143. The standard InChI is InChI=1S/C23H36N4O8/c1-5-11(2)17(24)20(31)26-19(13(4)29)22(33)27-18(12(3)28)21(32)25-16(23(34)35)10-14-6-8-15(30)9-7-14/h6-9,11-13,16-19,28-30H,5,10,24H2,1-4H3,(H,25,32)(H,26,31)(H,27,33)(H,34,35). The summed E-state index contributed by atoms with van der Waals surface area (Å²) in [7, 11) is 0. The third-order valence-corrected chi connectivity index (χ3v) is 5.68. The average molecular weight is 497 g/mol. The van der Waals surface area contributed by atoms with E-state index in [1.807, 2.05) is 6.92 Å². The van der Waals surface area contributed by atoms with Gasteiger partial charge in [-0.05, 0) is 37.5 Å². The van der Waals surface area contributed by atoms with Crippen molar-refractivity contribution in [2.75, 3.05) is 0 Å². The second kappa shape index (κ2) is 13.6. The van der Waals surface area contributed by atoms with Crippen LogP contribution in [0.5, 0.6) is 5.75 Å². The summed E-state index contributed by atoms with van der Waals surface area (Å²) in [5.41, 5.74) is 6.39. The van der Waals surface area contributed by atoms with Crippen molar-refractivity contribution in [1.29, 1.82) is 0 Å². The summed E-state index contributed by atoms with van der Waals surface area (Å²) in [6, 6.07) is 0.340. The molecule has 12 nitrogen and oxygen atoms in total. The van der Waals surface area contributed by atoms with Gasteiger partial charge >= 0.3 is 5.97 Å². The van der Waals surface area contributed by atoms with E-state index >= 15 is 0 Å². The Labute approximate surface area is 203 Å². The molecule has 196 valence electrons. The molecule has 7 atom stereocenters. The Balaban J connectivity index is 2.96. The number of carbonyl (C=O) groups is 4. The number of aliphatic hydroxyl groups is 2. The number of hydrogen-bond acceptors (Lipinski definition) is 8. The fourth-order valence-electron chi connectivity index (χ4n) is 3.14. The van der Waals surface area contributed by atoms with Crippen LogP contribution >= 0.6 is 0 Å². The fraction of sp³-hybridized carbons (Fsp3) is 0.565. The first kappa shape index (κ1) is 29.8. The molecular formula is C23H36N4O8. The maximum absolute atomic E-state index is 12.8. The van der Waals surface area contributed by atoms with Crippen molar-refractivity contribution >= 4 is 23.7 Å². The normalized spacial score (nSPS) is 17.1. The van der Waals surface area contributed by atoms with Crippen LogP contribution in [-0.2, 0) is 25.6 Å². The van der Waals surface area contributed by atoms with Crippen LogP contribution in [0.3, 0.4) is 0 Å². The number of phenolic OH excluding ortho intramolecular Hbond substituents is 1. The number of amides is 3. The molecule has 0 saturated heterocycles. The summed E-state index contributed by atoms with van der Waals surface area (Å²) in [5.74, 6) is -4.16. The maximum atomic E-state index is 12.8. The van der Waals surface area contributed by atoms with Crippen molar-refractivity contribution in [3.8, 4) is 5.75 Å². The van der Waals surface area contributed by atoms with Crippen molar-refractivity contribution < 1.29 is 39.6 Å². The lowest BCUT2D eigenvalue weighted by Crippen LogP contribution is -2.62. The molecule has 0 bridgehead atoms. The number of carboxylic acid groups (broad SMARTS) is 1. The third-order valence-electron chi connectivity index (χ3n) is 5.68. The zero-order chi connectivity index (χ0) is 26.9. The molecule has 0 fully saturated rings. The number of carboxylic acids is 1. The van der Waals surface area contributed by atoms with Crippen LogP contribution in [0.4, 0.5) is 0 Å². The smallest absolute Gasteiger partial charge is 0.326 e. The highest BCUT2D eigenvalue weighted by Crippen LogP contribution is 2.12. The summed E-state index contributed by atoms with van der Waals surface area (Å²) in [4.78, 5) is 49.6. The molecule has 1 aromatic carbocycles. The number of aromatic hydroxyl groups is 1. The summed E-state index contributed by atoms with van der Waals surface area (Å²) in [5, 5.41) is 45.9. The molecule has 7 unspecified atom stereocenters. The number of nitrogens with one attached hydrogen (secondary N) is 3. The van der Waals surface area contributed by atoms with Crippen LogP contribution in [-0.4, -0.2) is 80.5 Å². The van der Waals surface area contributed by atoms with Gasteiger partial charge in [0.1, 0.15) is 23.9 Å². The van der Waals surface area contributed by atoms with E-state index in [1.165, 1.54) is 38.1 Å². The van der Waals surface area contributed by atoms with Gasteiger partial charge in [-0.1, -0.05) is 32.4 Å². The maximum Gasteiger partial charge on any atom is 0.326 e. The average Bonchev–Trinajstić information content (AvgIpc) is 2.79. The Morgan fingerprint density at radius 1 is 0.857 bits per heavy atom. The number of rotatable bonds is 13. The van der Waals surface area contributed by atoms with Crippen molar-refractivity contribution in [1.82, 2.24) is 16.0 Å². The van der Waals surface area contributed by atoms with Crippen LogP contribution in [0.2, 0.25) is 0 Å². The van der Waals surface area contributed by atoms with Crippen molar-refractivity contribution in [2.45, 2.75) is 76.9 Å². The van der Waals surface area contributed by atoms with Crippen molar-refractivity contribution in [3.63, 3.8) is 0 Å². The molecule has 3 amide bonds. The summed E-state index contributed by atoms with van der Waals surface area (Å²) in [6.07, 6.45) is -2.31. The van der Waals surface area contributed by atoms with E-state index in [0.717, 1.165) is 0 Å². The molecule has 0 spiro atoms. The van der Waals surface area contributed by atoms with E-state index in [0.29, 0.717) is 12.0 Å². The van der Waals surface area contributed by atoms with E-state index in [-0.39, 0.29) is 18.1 Å². The molecule has 0 heterocycles. The van der Waals surface area contributed by atoms with Crippen LogP contribution in [0, 0.1) is 5.92 Å². The Kier molecular flexibility index (Phi) is 11.6. The van der Waals surface area contributed by atoms with Gasteiger partial charge in [-0.2, -0.15) is 0 Å². The minimum absolute atomic E-state index is 0.00796. The van der Waals surface area contributed by atoms with E-state index in [2.05, 4.69) is 16.0 Å². The van der Waals surface area contributed by atoms with Gasteiger partial charge in [0.2, 0.25) is 17.7 Å². The molecule has 12 heteroatoms. The van der Waals surface area contributed by atoms with Gasteiger partial charge in [0.25, 0.3) is 0 Å². The summed E-state index contributed by atoms with van der Waals surface area (Å²) >= 11 is 0. The van der Waals surface area contributed by atoms with Gasteiger partial charge in [0.15, 0.2) is 0 Å². The van der Waals surface area contributed by atoms with Crippen molar-refractivity contribution in [3.05, 3.63) is 29.8 Å². The predicted molar refractivity (Wildman–Crippen MR) is 126 cm³/mol. The number of benzene rings is 1.